The monoisotopic (exact) mass is 465 g/mol. The predicted molar refractivity (Wildman–Crippen MR) is 127 cm³/mol. The second kappa shape index (κ2) is 10.3. The summed E-state index contributed by atoms with van der Waals surface area (Å²) in [6.45, 7) is 2.06. The minimum absolute atomic E-state index is 0.0997. The largest absolute Gasteiger partial charge is 0.481 e. The van der Waals surface area contributed by atoms with Crippen LogP contribution in [0.3, 0.4) is 0 Å². The first-order valence-electron chi connectivity index (χ1n) is 11.6. The van der Waals surface area contributed by atoms with Crippen LogP contribution in [0.15, 0.2) is 48.5 Å². The molecule has 2 atom stereocenters. The molecule has 1 heterocycles. The number of ether oxygens (including phenoxy) is 1. The lowest BCUT2D eigenvalue weighted by Gasteiger charge is -2.24. The van der Waals surface area contributed by atoms with Gasteiger partial charge in [0.1, 0.15) is 12.6 Å². The number of carboxylic acid groups (broad SMARTS) is 1. The van der Waals surface area contributed by atoms with E-state index >= 15 is 0 Å². The van der Waals surface area contributed by atoms with Crippen LogP contribution in [-0.2, 0) is 14.3 Å². The van der Waals surface area contributed by atoms with Crippen molar-refractivity contribution in [2.24, 2.45) is 5.92 Å². The van der Waals surface area contributed by atoms with Gasteiger partial charge in [-0.2, -0.15) is 0 Å². The third-order valence-corrected chi connectivity index (χ3v) is 6.53. The number of nitrogens with zero attached hydrogens (tertiary/aromatic N) is 2. The maximum Gasteiger partial charge on any atom is 0.407 e. The molecule has 0 aromatic heterocycles. The third-order valence-electron chi connectivity index (χ3n) is 6.53. The zero-order chi connectivity index (χ0) is 24.2. The van der Waals surface area contributed by atoms with E-state index in [1.807, 2.05) is 50.5 Å². The summed E-state index contributed by atoms with van der Waals surface area (Å²) in [4.78, 5) is 40.8. The Kier molecular flexibility index (Phi) is 7.17. The number of alkyl carbamates (subject to hydrolysis) is 1. The Bertz CT molecular complexity index is 1020. The number of fused-ring (bicyclic) bond motifs is 3. The lowest BCUT2D eigenvalue weighted by molar-refractivity contribution is -0.142. The van der Waals surface area contributed by atoms with Gasteiger partial charge in [-0.15, -0.1) is 0 Å². The van der Waals surface area contributed by atoms with E-state index in [2.05, 4.69) is 22.3 Å². The van der Waals surface area contributed by atoms with E-state index in [1.165, 1.54) is 0 Å². The van der Waals surface area contributed by atoms with Crippen LogP contribution in [0.5, 0.6) is 0 Å². The number of hydrogen-bond donors (Lipinski definition) is 2. The van der Waals surface area contributed by atoms with Crippen LogP contribution in [0, 0.1) is 5.92 Å². The van der Waals surface area contributed by atoms with Crippen LogP contribution in [0.4, 0.5) is 4.79 Å². The van der Waals surface area contributed by atoms with Crippen LogP contribution >= 0.6 is 0 Å². The summed E-state index contributed by atoms with van der Waals surface area (Å²) in [6, 6.07) is 14.9. The topological polar surface area (TPSA) is 99.2 Å². The Balaban J connectivity index is 1.39. The van der Waals surface area contributed by atoms with Gasteiger partial charge in [-0.25, -0.2) is 4.79 Å². The van der Waals surface area contributed by atoms with Crippen molar-refractivity contribution >= 4 is 18.0 Å². The first-order chi connectivity index (χ1) is 16.3. The number of hydrogen-bond acceptors (Lipinski definition) is 5. The highest BCUT2D eigenvalue weighted by Gasteiger charge is 2.34. The molecule has 2 aliphatic rings. The molecular formula is C26H31N3O5. The van der Waals surface area contributed by atoms with Crippen molar-refractivity contribution in [3.8, 4) is 11.1 Å². The van der Waals surface area contributed by atoms with Gasteiger partial charge in [0.25, 0.3) is 0 Å². The van der Waals surface area contributed by atoms with Gasteiger partial charge in [-0.3, -0.25) is 9.59 Å². The minimum atomic E-state index is -1.16. The second-order valence-corrected chi connectivity index (χ2v) is 9.32. The lowest BCUT2D eigenvalue weighted by Crippen LogP contribution is -2.49. The molecule has 0 radical (unpaired) electrons. The number of aliphatic carboxylic acids is 1. The molecule has 180 valence electrons. The van der Waals surface area contributed by atoms with Crippen molar-refractivity contribution in [1.29, 1.82) is 0 Å². The number of benzene rings is 2. The van der Waals surface area contributed by atoms with E-state index in [4.69, 9.17) is 4.74 Å². The molecule has 8 nitrogen and oxygen atoms in total. The minimum Gasteiger partial charge on any atom is -0.481 e. The highest BCUT2D eigenvalue weighted by Crippen LogP contribution is 2.44. The van der Waals surface area contributed by atoms with Crippen LogP contribution in [-0.4, -0.2) is 79.3 Å². The van der Waals surface area contributed by atoms with E-state index < -0.39 is 24.5 Å². The highest BCUT2D eigenvalue weighted by atomic mass is 16.5. The molecule has 1 fully saturated rings. The van der Waals surface area contributed by atoms with Crippen LogP contribution in [0.1, 0.15) is 29.9 Å². The van der Waals surface area contributed by atoms with Crippen LogP contribution < -0.4 is 5.32 Å². The standard InChI is InChI=1S/C26H31N3O5/c1-28(2)14-17-11-12-29(15-17)25(32)23(13-24(30)31)27-26(33)34-16-22-20-9-5-3-7-18(20)19-8-4-6-10-21(19)22/h3-10,17,22-23H,11-16H2,1-2H3,(H,27,33)(H,30,31). The highest BCUT2D eigenvalue weighted by molar-refractivity contribution is 5.89. The van der Waals surface area contributed by atoms with Gasteiger partial charge in [0.2, 0.25) is 5.91 Å². The molecule has 1 saturated heterocycles. The summed E-state index contributed by atoms with van der Waals surface area (Å²) < 4.78 is 5.52. The van der Waals surface area contributed by atoms with Crippen molar-refractivity contribution in [2.75, 3.05) is 40.3 Å². The van der Waals surface area contributed by atoms with Gasteiger partial charge in [0.05, 0.1) is 6.42 Å². The normalized spacial score (nSPS) is 17.9. The summed E-state index contributed by atoms with van der Waals surface area (Å²) >= 11 is 0. The fraction of sp³-hybridized carbons (Fsp3) is 0.423. The predicted octanol–water partition coefficient (Wildman–Crippen LogP) is 2.78. The van der Waals surface area contributed by atoms with Gasteiger partial charge in [0.15, 0.2) is 0 Å². The Morgan fingerprint density at radius 1 is 1.09 bits per heavy atom. The maximum atomic E-state index is 13.0. The number of nitrogens with one attached hydrogen (secondary N) is 1. The van der Waals surface area contributed by atoms with Crippen molar-refractivity contribution in [1.82, 2.24) is 15.1 Å². The van der Waals surface area contributed by atoms with E-state index in [-0.39, 0.29) is 18.4 Å². The number of rotatable bonds is 8. The van der Waals surface area contributed by atoms with Gasteiger partial charge >= 0.3 is 12.1 Å². The fourth-order valence-corrected chi connectivity index (χ4v) is 5.08. The molecule has 0 saturated carbocycles. The quantitative estimate of drug-likeness (QED) is 0.622. The molecular weight excluding hydrogens is 434 g/mol. The molecule has 4 rings (SSSR count). The van der Waals surface area contributed by atoms with E-state index in [1.54, 1.807) is 4.90 Å². The summed E-state index contributed by atoms with van der Waals surface area (Å²) in [5, 5.41) is 11.8. The average molecular weight is 466 g/mol. The first kappa shape index (κ1) is 23.8. The summed E-state index contributed by atoms with van der Waals surface area (Å²) in [6.07, 6.45) is -0.419. The Labute approximate surface area is 199 Å². The first-order valence-corrected chi connectivity index (χ1v) is 11.6. The zero-order valence-electron chi connectivity index (χ0n) is 19.6. The average Bonchev–Trinajstić information content (AvgIpc) is 3.38. The van der Waals surface area contributed by atoms with Crippen molar-refractivity contribution in [3.63, 3.8) is 0 Å². The second-order valence-electron chi connectivity index (χ2n) is 9.32. The Morgan fingerprint density at radius 2 is 1.71 bits per heavy atom. The molecule has 2 N–H and O–H groups in total. The molecule has 34 heavy (non-hydrogen) atoms. The summed E-state index contributed by atoms with van der Waals surface area (Å²) in [5.41, 5.74) is 4.40. The summed E-state index contributed by atoms with van der Waals surface area (Å²) in [5.74, 6) is -1.31. The lowest BCUT2D eigenvalue weighted by atomic mass is 9.98. The molecule has 1 aliphatic heterocycles. The zero-order valence-corrected chi connectivity index (χ0v) is 19.6. The van der Waals surface area contributed by atoms with E-state index in [0.717, 1.165) is 35.2 Å². The third kappa shape index (κ3) is 5.22. The van der Waals surface area contributed by atoms with Crippen LogP contribution in [0.25, 0.3) is 11.1 Å². The molecule has 2 unspecified atom stereocenters. The molecule has 0 bridgehead atoms. The molecule has 2 aromatic carbocycles. The molecule has 2 amide bonds. The van der Waals surface area contributed by atoms with Gasteiger partial charge < -0.3 is 25.0 Å². The van der Waals surface area contributed by atoms with Crippen LogP contribution in [0.2, 0.25) is 0 Å². The Morgan fingerprint density at radius 3 is 2.29 bits per heavy atom. The molecule has 2 aromatic rings. The number of amides is 2. The summed E-state index contributed by atoms with van der Waals surface area (Å²) in [7, 11) is 3.97. The number of carbonyl (C=O) groups excluding carboxylic acids is 2. The maximum absolute atomic E-state index is 13.0. The molecule has 8 heteroatoms. The smallest absolute Gasteiger partial charge is 0.407 e. The van der Waals surface area contributed by atoms with E-state index in [9.17, 15) is 19.5 Å². The van der Waals surface area contributed by atoms with Crippen molar-refractivity contribution in [2.45, 2.75) is 24.8 Å². The van der Waals surface area contributed by atoms with Crippen molar-refractivity contribution < 1.29 is 24.2 Å². The van der Waals surface area contributed by atoms with Crippen molar-refractivity contribution in [3.05, 3.63) is 59.7 Å². The molecule has 1 aliphatic carbocycles. The fourth-order valence-electron chi connectivity index (χ4n) is 5.08. The van der Waals surface area contributed by atoms with Gasteiger partial charge in [0, 0.05) is 25.6 Å². The number of carboxylic acids is 1. The Hall–Kier alpha value is -3.39. The number of likely N-dealkylation sites (tertiary alicyclic amines) is 1. The van der Waals surface area contributed by atoms with Gasteiger partial charge in [-0.1, -0.05) is 48.5 Å². The number of carbonyl (C=O) groups is 3. The van der Waals surface area contributed by atoms with E-state index in [0.29, 0.717) is 19.0 Å². The SMILES string of the molecule is CN(C)CC1CCN(C(=O)C(CC(=O)O)NC(=O)OCC2c3ccccc3-c3ccccc32)C1. The molecule has 0 spiro atoms. The van der Waals surface area contributed by atoms with Gasteiger partial charge in [-0.05, 0) is 48.7 Å².